The number of oxazole rings is 1. The Morgan fingerprint density at radius 3 is 2.59 bits per heavy atom. The van der Waals surface area contributed by atoms with Crippen LogP contribution in [0, 0.1) is 0 Å². The van der Waals surface area contributed by atoms with Gasteiger partial charge in [-0.05, 0) is 29.8 Å². The summed E-state index contributed by atoms with van der Waals surface area (Å²) in [4.78, 5) is 24.1. The minimum Gasteiger partial charge on any atom is -0.408 e. The third-order valence-electron chi connectivity index (χ3n) is 4.18. The highest BCUT2D eigenvalue weighted by atomic mass is 32.2. The highest BCUT2D eigenvalue weighted by Gasteiger charge is 2.12. The summed E-state index contributed by atoms with van der Waals surface area (Å²) in [6.07, 6.45) is 1.56. The summed E-state index contributed by atoms with van der Waals surface area (Å²) >= 11 is 0. The van der Waals surface area contributed by atoms with E-state index in [1.807, 2.05) is 0 Å². The van der Waals surface area contributed by atoms with Crippen LogP contribution in [0.25, 0.3) is 11.1 Å². The minimum atomic E-state index is -3.44. The molecule has 1 aromatic heterocycles. The van der Waals surface area contributed by atoms with Crippen molar-refractivity contribution in [1.82, 2.24) is 9.29 Å². The molecule has 0 aliphatic heterocycles. The molecule has 0 saturated carbocycles. The molecule has 0 radical (unpaired) electrons. The van der Waals surface area contributed by atoms with E-state index < -0.39 is 15.8 Å². The number of sulfonamides is 1. The molecule has 3 rings (SSSR count). The van der Waals surface area contributed by atoms with Crippen molar-refractivity contribution in [3.63, 3.8) is 0 Å². The van der Waals surface area contributed by atoms with Crippen molar-refractivity contribution in [2.45, 2.75) is 18.7 Å². The second-order valence-electron chi connectivity index (χ2n) is 6.38. The third-order valence-corrected chi connectivity index (χ3v) is 5.50. The summed E-state index contributed by atoms with van der Waals surface area (Å²) in [5, 5.41) is 2.73. The van der Waals surface area contributed by atoms with Gasteiger partial charge in [-0.25, -0.2) is 17.9 Å². The second-order valence-corrected chi connectivity index (χ2v) is 8.19. The number of rotatable bonds is 9. The summed E-state index contributed by atoms with van der Waals surface area (Å²) in [7, 11) is -3.44. The van der Waals surface area contributed by atoms with Crippen LogP contribution in [0.4, 0.5) is 5.69 Å². The van der Waals surface area contributed by atoms with Gasteiger partial charge in [-0.1, -0.05) is 30.3 Å². The molecule has 0 spiro atoms. The fourth-order valence-corrected chi connectivity index (χ4v) is 3.91. The van der Waals surface area contributed by atoms with Gasteiger partial charge >= 0.3 is 5.76 Å². The van der Waals surface area contributed by atoms with Gasteiger partial charge in [-0.3, -0.25) is 9.36 Å². The quantitative estimate of drug-likeness (QED) is 0.521. The molecule has 1 heterocycles. The van der Waals surface area contributed by atoms with Crippen LogP contribution in [-0.2, 0) is 27.1 Å². The molecule has 0 saturated heterocycles. The lowest BCUT2D eigenvalue weighted by atomic mass is 10.2. The first-order valence-electron chi connectivity index (χ1n) is 8.93. The average Bonchev–Trinajstić information content (AvgIpc) is 3.01. The summed E-state index contributed by atoms with van der Waals surface area (Å²) in [6.45, 7) is 3.83. The summed E-state index contributed by atoms with van der Waals surface area (Å²) in [5.41, 5.74) is 2.25. The number of aryl methyl sites for hydroxylation is 1. The lowest BCUT2D eigenvalue weighted by molar-refractivity contribution is -0.116. The Labute approximate surface area is 167 Å². The smallest absolute Gasteiger partial charge is 0.408 e. The first kappa shape index (κ1) is 20.6. The number of hydrogen-bond donors (Lipinski definition) is 2. The number of nitrogens with one attached hydrogen (secondary N) is 2. The lowest BCUT2D eigenvalue weighted by Crippen LogP contribution is -2.25. The number of amides is 1. The highest BCUT2D eigenvalue weighted by molar-refractivity contribution is 7.88. The second kappa shape index (κ2) is 8.89. The topological polar surface area (TPSA) is 110 Å². The molecule has 2 aromatic carbocycles. The van der Waals surface area contributed by atoms with Gasteiger partial charge in [0.15, 0.2) is 5.58 Å². The highest BCUT2D eigenvalue weighted by Crippen LogP contribution is 2.14. The molecule has 1 amide bonds. The average molecular weight is 415 g/mol. The zero-order valence-electron chi connectivity index (χ0n) is 15.6. The van der Waals surface area contributed by atoms with E-state index >= 15 is 0 Å². The molecule has 9 heteroatoms. The molecule has 2 N–H and O–H groups in total. The Morgan fingerprint density at radius 2 is 1.86 bits per heavy atom. The van der Waals surface area contributed by atoms with E-state index in [1.165, 1.54) is 10.6 Å². The van der Waals surface area contributed by atoms with E-state index in [9.17, 15) is 18.0 Å². The Bertz CT molecular complexity index is 1180. The minimum absolute atomic E-state index is 0.0883. The molecule has 0 bridgehead atoms. The van der Waals surface area contributed by atoms with Gasteiger partial charge in [0.1, 0.15) is 0 Å². The predicted molar refractivity (Wildman–Crippen MR) is 111 cm³/mol. The molecule has 3 aromatic rings. The standard InChI is InChI=1S/C20H21N3O5S/c1-2-12-21-29(26,27)14-15-7-9-16(10-8-15)22-19(24)11-13-23-17-5-3-4-6-18(17)28-20(23)25/h2-10,21H,1,11-14H2,(H,22,24). The summed E-state index contributed by atoms with van der Waals surface area (Å²) in [6, 6.07) is 13.6. The molecular formula is C20H21N3O5S. The number of carbonyl (C=O) groups is 1. The van der Waals surface area contributed by atoms with Crippen molar-refractivity contribution < 1.29 is 17.6 Å². The van der Waals surface area contributed by atoms with Gasteiger partial charge in [0.25, 0.3) is 0 Å². The van der Waals surface area contributed by atoms with Gasteiger partial charge in [0.2, 0.25) is 15.9 Å². The number of carbonyl (C=O) groups excluding carboxylic acids is 1. The van der Waals surface area contributed by atoms with Gasteiger partial charge in [0, 0.05) is 25.2 Å². The molecule has 8 nitrogen and oxygen atoms in total. The Hall–Kier alpha value is -3.17. The van der Waals surface area contributed by atoms with Crippen LogP contribution < -0.4 is 15.8 Å². The van der Waals surface area contributed by atoms with Crippen LogP contribution in [0.5, 0.6) is 0 Å². The first-order valence-corrected chi connectivity index (χ1v) is 10.6. The number of fused-ring (bicyclic) bond motifs is 1. The van der Waals surface area contributed by atoms with Gasteiger partial charge in [-0.15, -0.1) is 6.58 Å². The van der Waals surface area contributed by atoms with Gasteiger partial charge < -0.3 is 9.73 Å². The predicted octanol–water partition coefficient (Wildman–Crippen LogP) is 2.23. The molecule has 0 unspecified atom stereocenters. The van der Waals surface area contributed by atoms with Crippen LogP contribution in [-0.4, -0.2) is 25.4 Å². The van der Waals surface area contributed by atoms with E-state index in [0.717, 1.165) is 0 Å². The van der Waals surface area contributed by atoms with Crippen LogP contribution in [0.3, 0.4) is 0 Å². The number of benzene rings is 2. The first-order chi connectivity index (χ1) is 13.9. The van der Waals surface area contributed by atoms with Crippen molar-refractivity contribution in [2.24, 2.45) is 0 Å². The molecule has 29 heavy (non-hydrogen) atoms. The number of aromatic nitrogens is 1. The number of nitrogens with zero attached hydrogens (tertiary/aromatic N) is 1. The van der Waals surface area contributed by atoms with Gasteiger partial charge in [-0.2, -0.15) is 0 Å². The number of hydrogen-bond acceptors (Lipinski definition) is 5. The molecule has 152 valence electrons. The lowest BCUT2D eigenvalue weighted by Gasteiger charge is -2.08. The van der Waals surface area contributed by atoms with E-state index in [2.05, 4.69) is 16.6 Å². The van der Waals surface area contributed by atoms with Crippen molar-refractivity contribution in [3.05, 3.63) is 77.3 Å². The SMILES string of the molecule is C=CCNS(=O)(=O)Cc1ccc(NC(=O)CCn2c(=O)oc3ccccc32)cc1. The zero-order chi connectivity index (χ0) is 20.9. The Morgan fingerprint density at radius 1 is 1.14 bits per heavy atom. The van der Waals surface area contributed by atoms with Crippen LogP contribution >= 0.6 is 0 Å². The van der Waals surface area contributed by atoms with E-state index in [0.29, 0.717) is 22.4 Å². The third kappa shape index (κ3) is 5.43. The van der Waals surface area contributed by atoms with E-state index in [-0.39, 0.29) is 31.2 Å². The molecule has 0 aliphatic carbocycles. The normalized spacial score (nSPS) is 11.4. The van der Waals surface area contributed by atoms with Crippen molar-refractivity contribution in [3.8, 4) is 0 Å². The number of anilines is 1. The molecular weight excluding hydrogens is 394 g/mol. The summed E-state index contributed by atoms with van der Waals surface area (Å²) < 4.78 is 32.7. The fraction of sp³-hybridized carbons (Fsp3) is 0.200. The van der Waals surface area contributed by atoms with Gasteiger partial charge in [0.05, 0.1) is 11.3 Å². The van der Waals surface area contributed by atoms with Crippen LogP contribution in [0.15, 0.2) is 70.4 Å². The van der Waals surface area contributed by atoms with Crippen LogP contribution in [0.1, 0.15) is 12.0 Å². The van der Waals surface area contributed by atoms with E-state index in [1.54, 1.807) is 48.5 Å². The number of para-hydroxylation sites is 2. The summed E-state index contributed by atoms with van der Waals surface area (Å²) in [5.74, 6) is -0.934. The van der Waals surface area contributed by atoms with E-state index in [4.69, 9.17) is 4.42 Å². The zero-order valence-corrected chi connectivity index (χ0v) is 16.4. The molecule has 0 aliphatic rings. The molecule has 0 atom stereocenters. The maximum atomic E-state index is 12.2. The van der Waals surface area contributed by atoms with Crippen LogP contribution in [0.2, 0.25) is 0 Å². The fourth-order valence-electron chi connectivity index (χ4n) is 2.80. The maximum absolute atomic E-state index is 12.2. The molecule has 0 fully saturated rings. The largest absolute Gasteiger partial charge is 0.419 e. The Kier molecular flexibility index (Phi) is 6.30. The monoisotopic (exact) mass is 415 g/mol. The van der Waals surface area contributed by atoms with Crippen molar-refractivity contribution in [2.75, 3.05) is 11.9 Å². The maximum Gasteiger partial charge on any atom is 0.419 e. The Balaban J connectivity index is 1.57. The van der Waals surface area contributed by atoms with Crippen molar-refractivity contribution in [1.29, 1.82) is 0 Å². The van der Waals surface area contributed by atoms with Crippen molar-refractivity contribution >= 4 is 32.7 Å².